The van der Waals surface area contributed by atoms with E-state index in [1.54, 1.807) is 0 Å². The molecule has 0 amide bonds. The maximum Gasteiger partial charge on any atom is 0.128 e. The minimum Gasteiger partial charge on any atom is -0.358 e. The molecule has 0 bridgehead atoms. The van der Waals surface area contributed by atoms with Gasteiger partial charge < -0.3 is 9.80 Å². The lowest BCUT2D eigenvalue weighted by Crippen LogP contribution is -2.30. The average molecular weight is 193 g/mol. The Balaban J connectivity index is 2.39. The van der Waals surface area contributed by atoms with Crippen LogP contribution in [-0.4, -0.2) is 43.6 Å². The van der Waals surface area contributed by atoms with Gasteiger partial charge in [-0.2, -0.15) is 0 Å². The Morgan fingerprint density at radius 2 is 2.00 bits per heavy atom. The van der Waals surface area contributed by atoms with Crippen LogP contribution in [0.4, 0.5) is 5.82 Å². The van der Waals surface area contributed by atoms with Crippen LogP contribution in [0, 0.1) is 0 Å². The highest BCUT2D eigenvalue weighted by Gasteiger charge is 2.01. The first-order valence-corrected chi connectivity index (χ1v) is 5.04. The van der Waals surface area contributed by atoms with Crippen molar-refractivity contribution in [2.75, 3.05) is 38.6 Å². The molecule has 0 aromatic carbocycles. The lowest BCUT2D eigenvalue weighted by Gasteiger charge is -2.21. The first-order valence-electron chi connectivity index (χ1n) is 5.04. The fourth-order valence-electron chi connectivity index (χ4n) is 1.17. The normalized spacial score (nSPS) is 10.6. The highest BCUT2D eigenvalue weighted by Crippen LogP contribution is 2.05. The number of likely N-dealkylation sites (N-methyl/N-ethyl adjacent to an activating group) is 2. The third kappa shape index (κ3) is 3.34. The Morgan fingerprint density at radius 1 is 1.21 bits per heavy atom. The minimum atomic E-state index is 1.02. The van der Waals surface area contributed by atoms with Crippen LogP contribution in [-0.2, 0) is 0 Å². The lowest BCUT2D eigenvalue weighted by atomic mass is 10.4. The van der Waals surface area contributed by atoms with Gasteiger partial charge in [-0.15, -0.1) is 0 Å². The van der Waals surface area contributed by atoms with E-state index in [4.69, 9.17) is 0 Å². The molecule has 1 aromatic heterocycles. The molecule has 0 aliphatic carbocycles. The van der Waals surface area contributed by atoms with Gasteiger partial charge in [0, 0.05) is 26.3 Å². The molecule has 0 saturated carbocycles. The Hall–Kier alpha value is -1.09. The molecule has 0 aliphatic heterocycles. The van der Waals surface area contributed by atoms with Crippen molar-refractivity contribution in [1.82, 2.24) is 9.88 Å². The van der Waals surface area contributed by atoms with Gasteiger partial charge in [0.2, 0.25) is 0 Å². The van der Waals surface area contributed by atoms with Crippen molar-refractivity contribution >= 4 is 5.82 Å². The second-order valence-corrected chi connectivity index (χ2v) is 3.51. The summed E-state index contributed by atoms with van der Waals surface area (Å²) in [5.74, 6) is 1.04. The SMILES string of the molecule is CCN(C)CCN(C)c1ccccn1. The van der Waals surface area contributed by atoms with Crippen molar-refractivity contribution in [2.24, 2.45) is 0 Å². The zero-order valence-corrected chi connectivity index (χ0v) is 9.27. The first kappa shape index (κ1) is 11.0. The van der Waals surface area contributed by atoms with Gasteiger partial charge in [0.1, 0.15) is 5.82 Å². The van der Waals surface area contributed by atoms with E-state index in [2.05, 4.69) is 35.8 Å². The molecule has 0 fully saturated rings. The first-order chi connectivity index (χ1) is 6.74. The Labute approximate surface area is 86.4 Å². The molecular weight excluding hydrogens is 174 g/mol. The molecule has 78 valence electrons. The third-order valence-electron chi connectivity index (χ3n) is 2.40. The summed E-state index contributed by atoms with van der Waals surface area (Å²) in [6, 6.07) is 5.99. The Bertz CT molecular complexity index is 248. The van der Waals surface area contributed by atoms with Crippen LogP contribution < -0.4 is 4.90 Å². The average Bonchev–Trinajstić information content (AvgIpc) is 2.26. The van der Waals surface area contributed by atoms with Crippen LogP contribution in [0.1, 0.15) is 6.92 Å². The van der Waals surface area contributed by atoms with E-state index >= 15 is 0 Å². The molecular formula is C11H19N3. The highest BCUT2D eigenvalue weighted by molar-refractivity contribution is 5.36. The van der Waals surface area contributed by atoms with Gasteiger partial charge in [0.15, 0.2) is 0 Å². The van der Waals surface area contributed by atoms with Crippen molar-refractivity contribution in [2.45, 2.75) is 6.92 Å². The molecule has 1 aromatic rings. The maximum absolute atomic E-state index is 4.29. The van der Waals surface area contributed by atoms with E-state index in [0.29, 0.717) is 0 Å². The molecule has 0 N–H and O–H groups in total. The summed E-state index contributed by atoms with van der Waals surface area (Å²) in [7, 11) is 4.21. The zero-order valence-electron chi connectivity index (χ0n) is 9.27. The predicted octanol–water partition coefficient (Wildman–Crippen LogP) is 1.47. The largest absolute Gasteiger partial charge is 0.358 e. The van der Waals surface area contributed by atoms with Crippen molar-refractivity contribution < 1.29 is 0 Å². The van der Waals surface area contributed by atoms with Crippen LogP contribution in [0.3, 0.4) is 0 Å². The van der Waals surface area contributed by atoms with Crippen LogP contribution >= 0.6 is 0 Å². The van der Waals surface area contributed by atoms with E-state index < -0.39 is 0 Å². The number of hydrogen-bond donors (Lipinski definition) is 0. The number of aromatic nitrogens is 1. The maximum atomic E-state index is 4.29. The molecule has 3 heteroatoms. The van der Waals surface area contributed by atoms with Crippen molar-refractivity contribution in [1.29, 1.82) is 0 Å². The van der Waals surface area contributed by atoms with Gasteiger partial charge in [0.05, 0.1) is 0 Å². The van der Waals surface area contributed by atoms with Gasteiger partial charge in [-0.1, -0.05) is 13.0 Å². The molecule has 3 nitrogen and oxygen atoms in total. The quantitative estimate of drug-likeness (QED) is 0.706. The topological polar surface area (TPSA) is 19.4 Å². The monoisotopic (exact) mass is 193 g/mol. The van der Waals surface area contributed by atoms with E-state index in [1.807, 2.05) is 24.4 Å². The molecule has 1 heterocycles. The zero-order chi connectivity index (χ0) is 10.4. The number of anilines is 1. The second kappa shape index (κ2) is 5.60. The standard InChI is InChI=1S/C11H19N3/c1-4-13(2)9-10-14(3)11-7-5-6-8-12-11/h5-8H,4,9-10H2,1-3H3. The smallest absolute Gasteiger partial charge is 0.128 e. The molecule has 0 saturated heterocycles. The lowest BCUT2D eigenvalue weighted by molar-refractivity contribution is 0.360. The minimum absolute atomic E-state index is 1.02. The summed E-state index contributed by atoms with van der Waals surface area (Å²) < 4.78 is 0. The fourth-order valence-corrected chi connectivity index (χ4v) is 1.17. The van der Waals surface area contributed by atoms with Crippen LogP contribution in [0.25, 0.3) is 0 Å². The van der Waals surface area contributed by atoms with Crippen molar-refractivity contribution in [3.63, 3.8) is 0 Å². The molecule has 14 heavy (non-hydrogen) atoms. The summed E-state index contributed by atoms with van der Waals surface area (Å²) in [6.07, 6.45) is 1.83. The summed E-state index contributed by atoms with van der Waals surface area (Å²) in [5, 5.41) is 0. The molecule has 0 unspecified atom stereocenters. The number of hydrogen-bond acceptors (Lipinski definition) is 3. The summed E-state index contributed by atoms with van der Waals surface area (Å²) in [5.41, 5.74) is 0. The van der Waals surface area contributed by atoms with E-state index in [9.17, 15) is 0 Å². The number of rotatable bonds is 5. The van der Waals surface area contributed by atoms with Crippen LogP contribution in [0.15, 0.2) is 24.4 Å². The number of nitrogens with zero attached hydrogens (tertiary/aromatic N) is 3. The predicted molar refractivity (Wildman–Crippen MR) is 60.7 cm³/mol. The van der Waals surface area contributed by atoms with Crippen LogP contribution in [0.5, 0.6) is 0 Å². The van der Waals surface area contributed by atoms with Gasteiger partial charge in [-0.05, 0) is 25.7 Å². The second-order valence-electron chi connectivity index (χ2n) is 3.51. The number of pyridine rings is 1. The summed E-state index contributed by atoms with van der Waals surface area (Å²) in [6.45, 7) is 5.35. The summed E-state index contributed by atoms with van der Waals surface area (Å²) in [4.78, 5) is 8.75. The molecule has 0 atom stereocenters. The van der Waals surface area contributed by atoms with Crippen molar-refractivity contribution in [3.8, 4) is 0 Å². The van der Waals surface area contributed by atoms with Gasteiger partial charge in [-0.25, -0.2) is 4.98 Å². The van der Waals surface area contributed by atoms with Crippen molar-refractivity contribution in [3.05, 3.63) is 24.4 Å². The van der Waals surface area contributed by atoms with E-state index in [1.165, 1.54) is 0 Å². The molecule has 0 radical (unpaired) electrons. The molecule has 0 aliphatic rings. The third-order valence-corrected chi connectivity index (χ3v) is 2.40. The fraction of sp³-hybridized carbons (Fsp3) is 0.545. The van der Waals surface area contributed by atoms with E-state index in [-0.39, 0.29) is 0 Å². The molecule has 0 spiro atoms. The summed E-state index contributed by atoms with van der Waals surface area (Å²) >= 11 is 0. The van der Waals surface area contributed by atoms with Gasteiger partial charge in [-0.3, -0.25) is 0 Å². The van der Waals surface area contributed by atoms with E-state index in [0.717, 1.165) is 25.5 Å². The Kier molecular flexibility index (Phi) is 4.40. The van der Waals surface area contributed by atoms with Gasteiger partial charge in [0.25, 0.3) is 0 Å². The highest BCUT2D eigenvalue weighted by atomic mass is 15.2. The van der Waals surface area contributed by atoms with Gasteiger partial charge >= 0.3 is 0 Å². The van der Waals surface area contributed by atoms with Crippen LogP contribution in [0.2, 0.25) is 0 Å². The molecule has 1 rings (SSSR count). The Morgan fingerprint density at radius 3 is 2.57 bits per heavy atom.